The number of alkyl halides is 2. The van der Waals surface area contributed by atoms with Crippen molar-refractivity contribution in [2.45, 2.75) is 25.5 Å². The number of carbonyl (C=O) groups is 1. The Labute approximate surface area is 129 Å². The highest BCUT2D eigenvalue weighted by atomic mass is 19.3. The monoisotopic (exact) mass is 328 g/mol. The van der Waals surface area contributed by atoms with Gasteiger partial charge in [-0.3, -0.25) is 10.1 Å². The predicted molar refractivity (Wildman–Crippen MR) is 76.1 cm³/mol. The number of nitrogens with one attached hydrogen (secondary N) is 1. The van der Waals surface area contributed by atoms with Crippen LogP contribution in [0.25, 0.3) is 10.9 Å². The topological polar surface area (TPSA) is 94.5 Å². The van der Waals surface area contributed by atoms with Gasteiger partial charge in [-0.25, -0.2) is 4.79 Å². The summed E-state index contributed by atoms with van der Waals surface area (Å²) in [5, 5.41) is 11.7. The van der Waals surface area contributed by atoms with Crippen molar-refractivity contribution in [3.05, 3.63) is 40.1 Å². The second-order valence-corrected chi connectivity index (χ2v) is 5.10. The molecule has 1 atom stereocenters. The van der Waals surface area contributed by atoms with E-state index in [1.165, 1.54) is 24.4 Å². The summed E-state index contributed by atoms with van der Waals surface area (Å²) in [5.41, 5.74) is -0.981. The minimum atomic E-state index is -2.98. The standard InChI is InChI=1S/C14H14F2N2O5/c1-14(18(20)21,12(19)22-2)6-8-7-17-11-4-3-9(5-10(8)11)23-13(15)16/h3-5,7,13,17H,6H2,1-2H3. The third kappa shape index (κ3) is 3.22. The molecule has 1 unspecified atom stereocenters. The summed E-state index contributed by atoms with van der Waals surface area (Å²) in [7, 11) is 1.06. The van der Waals surface area contributed by atoms with Crippen LogP contribution in [0, 0.1) is 10.1 Å². The molecule has 0 aliphatic carbocycles. The molecule has 0 saturated carbocycles. The van der Waals surface area contributed by atoms with Crippen LogP contribution in [0.3, 0.4) is 0 Å². The van der Waals surface area contributed by atoms with Crippen LogP contribution in [0.1, 0.15) is 12.5 Å². The Hall–Kier alpha value is -2.71. The largest absolute Gasteiger partial charge is 0.464 e. The van der Waals surface area contributed by atoms with E-state index in [1.807, 2.05) is 0 Å². The molecule has 2 aromatic rings. The molecule has 1 N–H and O–H groups in total. The van der Waals surface area contributed by atoms with E-state index in [1.54, 1.807) is 0 Å². The first kappa shape index (κ1) is 16.7. The average Bonchev–Trinajstić information content (AvgIpc) is 2.87. The molecule has 0 spiro atoms. The van der Waals surface area contributed by atoms with Crippen LogP contribution in [0.4, 0.5) is 8.78 Å². The number of fused-ring (bicyclic) bond motifs is 1. The molecular weight excluding hydrogens is 314 g/mol. The van der Waals surface area contributed by atoms with Gasteiger partial charge in [0.1, 0.15) is 5.75 Å². The minimum absolute atomic E-state index is 0.0748. The number of halogens is 2. The number of rotatable bonds is 6. The van der Waals surface area contributed by atoms with Gasteiger partial charge in [0.2, 0.25) is 0 Å². The van der Waals surface area contributed by atoms with Gasteiger partial charge in [0.15, 0.2) is 0 Å². The van der Waals surface area contributed by atoms with Gasteiger partial charge in [-0.2, -0.15) is 8.78 Å². The summed E-state index contributed by atoms with van der Waals surface area (Å²) in [6.07, 6.45) is 1.23. The van der Waals surface area contributed by atoms with Crippen LogP contribution in [-0.4, -0.2) is 35.1 Å². The molecule has 2 rings (SSSR count). The molecule has 124 valence electrons. The summed E-state index contributed by atoms with van der Waals surface area (Å²) < 4.78 is 33.4. The van der Waals surface area contributed by atoms with Gasteiger partial charge >= 0.3 is 18.1 Å². The van der Waals surface area contributed by atoms with E-state index in [0.29, 0.717) is 16.5 Å². The smallest absolute Gasteiger partial charge is 0.387 e. The van der Waals surface area contributed by atoms with E-state index in [2.05, 4.69) is 14.5 Å². The number of H-pyrrole nitrogens is 1. The first-order valence-electron chi connectivity index (χ1n) is 6.55. The van der Waals surface area contributed by atoms with Crippen molar-refractivity contribution in [2.24, 2.45) is 0 Å². The second kappa shape index (κ2) is 6.19. The molecule has 0 amide bonds. The Morgan fingerprint density at radius 1 is 1.48 bits per heavy atom. The van der Waals surface area contributed by atoms with Gasteiger partial charge in [0, 0.05) is 28.9 Å². The number of esters is 1. The molecular formula is C14H14F2N2O5. The number of carbonyl (C=O) groups excluding carboxylic acids is 1. The Morgan fingerprint density at radius 3 is 2.74 bits per heavy atom. The lowest BCUT2D eigenvalue weighted by atomic mass is 9.93. The lowest BCUT2D eigenvalue weighted by molar-refractivity contribution is -0.550. The average molecular weight is 328 g/mol. The van der Waals surface area contributed by atoms with Gasteiger partial charge < -0.3 is 14.5 Å². The van der Waals surface area contributed by atoms with E-state index in [9.17, 15) is 23.7 Å². The Bertz CT molecular complexity index is 746. The molecule has 1 aromatic heterocycles. The van der Waals surface area contributed by atoms with Crippen LogP contribution in [0.2, 0.25) is 0 Å². The van der Waals surface area contributed by atoms with Crippen LogP contribution < -0.4 is 4.74 Å². The highest BCUT2D eigenvalue weighted by Gasteiger charge is 2.47. The van der Waals surface area contributed by atoms with Crippen molar-refractivity contribution in [3.63, 3.8) is 0 Å². The Morgan fingerprint density at radius 2 is 2.17 bits per heavy atom. The molecule has 7 nitrogen and oxygen atoms in total. The maximum Gasteiger partial charge on any atom is 0.387 e. The van der Waals surface area contributed by atoms with E-state index in [0.717, 1.165) is 14.0 Å². The van der Waals surface area contributed by atoms with Crippen molar-refractivity contribution in [1.29, 1.82) is 0 Å². The van der Waals surface area contributed by atoms with E-state index >= 15 is 0 Å². The molecule has 0 radical (unpaired) electrons. The fourth-order valence-corrected chi connectivity index (χ4v) is 2.28. The molecule has 0 fully saturated rings. The zero-order valence-corrected chi connectivity index (χ0v) is 12.3. The molecule has 0 aliphatic rings. The maximum absolute atomic E-state index is 12.3. The zero-order valence-electron chi connectivity index (χ0n) is 12.3. The van der Waals surface area contributed by atoms with Crippen LogP contribution >= 0.6 is 0 Å². The first-order valence-corrected chi connectivity index (χ1v) is 6.55. The molecule has 0 bridgehead atoms. The fraction of sp³-hybridized carbons (Fsp3) is 0.357. The number of hydrogen-bond donors (Lipinski definition) is 1. The summed E-state index contributed by atoms with van der Waals surface area (Å²) in [5.74, 6) is -1.06. The van der Waals surface area contributed by atoms with Gasteiger partial charge in [-0.1, -0.05) is 0 Å². The lowest BCUT2D eigenvalue weighted by Crippen LogP contribution is -2.46. The fourth-order valence-electron chi connectivity index (χ4n) is 2.28. The maximum atomic E-state index is 12.3. The number of aromatic nitrogens is 1. The van der Waals surface area contributed by atoms with Crippen molar-refractivity contribution >= 4 is 16.9 Å². The molecule has 0 aliphatic heterocycles. The summed E-state index contributed by atoms with van der Waals surface area (Å²) in [6, 6.07) is 4.20. The van der Waals surface area contributed by atoms with Gasteiger partial charge in [0.05, 0.1) is 13.5 Å². The third-order valence-electron chi connectivity index (χ3n) is 3.53. The molecule has 1 aromatic carbocycles. The Balaban J connectivity index is 2.42. The quantitative estimate of drug-likeness (QED) is 0.499. The van der Waals surface area contributed by atoms with E-state index < -0.39 is 23.0 Å². The number of nitro groups is 1. The van der Waals surface area contributed by atoms with E-state index in [4.69, 9.17) is 0 Å². The second-order valence-electron chi connectivity index (χ2n) is 5.10. The number of nitrogens with zero attached hydrogens (tertiary/aromatic N) is 1. The van der Waals surface area contributed by atoms with Crippen molar-refractivity contribution in [1.82, 2.24) is 4.98 Å². The summed E-state index contributed by atoms with van der Waals surface area (Å²) in [4.78, 5) is 25.2. The minimum Gasteiger partial charge on any atom is -0.464 e. The number of hydrogen-bond acceptors (Lipinski definition) is 5. The van der Waals surface area contributed by atoms with Gasteiger partial charge in [0.25, 0.3) is 0 Å². The lowest BCUT2D eigenvalue weighted by Gasteiger charge is -2.17. The SMILES string of the molecule is COC(=O)C(C)(Cc1c[nH]c2ccc(OC(F)F)cc12)[N+](=O)[O-]. The summed E-state index contributed by atoms with van der Waals surface area (Å²) in [6.45, 7) is -1.83. The highest BCUT2D eigenvalue weighted by molar-refractivity contribution is 5.86. The normalized spacial score (nSPS) is 13.8. The number of methoxy groups -OCH3 is 1. The number of benzene rings is 1. The summed E-state index contributed by atoms with van der Waals surface area (Å²) >= 11 is 0. The van der Waals surface area contributed by atoms with Crippen molar-refractivity contribution < 1.29 is 28.0 Å². The van der Waals surface area contributed by atoms with Crippen molar-refractivity contribution in [3.8, 4) is 5.75 Å². The predicted octanol–water partition coefficient (Wildman–Crippen LogP) is 2.52. The van der Waals surface area contributed by atoms with Gasteiger partial charge in [-0.15, -0.1) is 0 Å². The Kier molecular flexibility index (Phi) is 4.48. The number of ether oxygens (including phenoxy) is 2. The first-order chi connectivity index (χ1) is 10.8. The highest BCUT2D eigenvalue weighted by Crippen LogP contribution is 2.28. The zero-order chi connectivity index (χ0) is 17.2. The van der Waals surface area contributed by atoms with Crippen LogP contribution in [-0.2, 0) is 16.0 Å². The van der Waals surface area contributed by atoms with E-state index in [-0.39, 0.29) is 12.2 Å². The third-order valence-corrected chi connectivity index (χ3v) is 3.53. The number of aromatic amines is 1. The van der Waals surface area contributed by atoms with Crippen LogP contribution in [0.15, 0.2) is 24.4 Å². The molecule has 0 saturated heterocycles. The van der Waals surface area contributed by atoms with Crippen LogP contribution in [0.5, 0.6) is 5.75 Å². The van der Waals surface area contributed by atoms with Crippen molar-refractivity contribution in [2.75, 3.05) is 7.11 Å². The van der Waals surface area contributed by atoms with Gasteiger partial charge in [-0.05, 0) is 23.8 Å². The molecule has 9 heteroatoms. The molecule has 1 heterocycles. The molecule has 23 heavy (non-hydrogen) atoms.